The molecule has 2 rings (SSSR count). The van der Waals surface area contributed by atoms with Crippen LogP contribution in [0.15, 0.2) is 16.7 Å². The highest BCUT2D eigenvalue weighted by Gasteiger charge is 2.37. The van der Waals surface area contributed by atoms with Gasteiger partial charge in [0.25, 0.3) is 0 Å². The van der Waals surface area contributed by atoms with Gasteiger partial charge in [0.1, 0.15) is 5.82 Å². The largest absolute Gasteiger partial charge is 0.362 e. The molecule has 4 heteroatoms. The summed E-state index contributed by atoms with van der Waals surface area (Å²) in [6, 6.07) is 2.01. The maximum Gasteiger partial charge on any atom is 0.141 e. The molecule has 1 aromatic heterocycles. The molecule has 1 aliphatic rings. The zero-order valence-corrected chi connectivity index (χ0v) is 12.8. The zero-order valence-electron chi connectivity index (χ0n) is 11.2. The van der Waals surface area contributed by atoms with Crippen LogP contribution in [0.3, 0.4) is 0 Å². The number of nitrogens with one attached hydrogen (secondary N) is 1. The molecule has 1 heterocycles. The van der Waals surface area contributed by atoms with Crippen LogP contribution in [0.2, 0.25) is 0 Å². The SMILES string of the molecule is Cc1ccnc(NC2(CN)CCCCC2C)c1Br. The highest BCUT2D eigenvalue weighted by molar-refractivity contribution is 9.10. The third-order valence-corrected chi connectivity index (χ3v) is 5.27. The van der Waals surface area contributed by atoms with Crippen molar-refractivity contribution in [3.05, 3.63) is 22.3 Å². The Kier molecular flexibility index (Phi) is 4.28. The van der Waals surface area contributed by atoms with E-state index in [2.05, 4.69) is 40.1 Å². The van der Waals surface area contributed by atoms with E-state index in [-0.39, 0.29) is 5.54 Å². The van der Waals surface area contributed by atoms with Crippen molar-refractivity contribution in [2.45, 2.75) is 45.1 Å². The smallest absolute Gasteiger partial charge is 0.141 e. The van der Waals surface area contributed by atoms with Crippen molar-refractivity contribution in [3.63, 3.8) is 0 Å². The number of aromatic nitrogens is 1. The lowest BCUT2D eigenvalue weighted by atomic mass is 9.73. The van der Waals surface area contributed by atoms with Crippen LogP contribution in [0, 0.1) is 12.8 Å². The van der Waals surface area contributed by atoms with Gasteiger partial charge in [-0.25, -0.2) is 4.98 Å². The van der Waals surface area contributed by atoms with Gasteiger partial charge in [-0.3, -0.25) is 0 Å². The Hall–Kier alpha value is -0.610. The van der Waals surface area contributed by atoms with E-state index in [1.165, 1.54) is 24.8 Å². The van der Waals surface area contributed by atoms with E-state index in [0.29, 0.717) is 12.5 Å². The summed E-state index contributed by atoms with van der Waals surface area (Å²) >= 11 is 3.61. The lowest BCUT2D eigenvalue weighted by Gasteiger charge is -2.43. The summed E-state index contributed by atoms with van der Waals surface area (Å²) in [6.07, 6.45) is 6.78. The molecular formula is C14H22BrN3. The van der Waals surface area contributed by atoms with E-state index in [9.17, 15) is 0 Å². The van der Waals surface area contributed by atoms with Crippen LogP contribution < -0.4 is 11.1 Å². The molecule has 0 amide bonds. The van der Waals surface area contributed by atoms with Crippen LogP contribution >= 0.6 is 15.9 Å². The van der Waals surface area contributed by atoms with Gasteiger partial charge in [0.2, 0.25) is 0 Å². The van der Waals surface area contributed by atoms with Crippen LogP contribution in [0.1, 0.15) is 38.2 Å². The van der Waals surface area contributed by atoms with E-state index in [1.54, 1.807) is 0 Å². The molecule has 2 atom stereocenters. The maximum absolute atomic E-state index is 6.06. The molecule has 1 fully saturated rings. The first-order chi connectivity index (χ1) is 8.59. The number of nitrogens with zero attached hydrogens (tertiary/aromatic N) is 1. The predicted molar refractivity (Wildman–Crippen MR) is 79.7 cm³/mol. The minimum absolute atomic E-state index is 0.00155. The average Bonchev–Trinajstić information content (AvgIpc) is 2.38. The predicted octanol–water partition coefficient (Wildman–Crippen LogP) is 3.47. The molecule has 0 bridgehead atoms. The van der Waals surface area contributed by atoms with Gasteiger partial charge in [-0.2, -0.15) is 0 Å². The molecule has 1 aromatic rings. The fourth-order valence-corrected chi connectivity index (χ4v) is 3.15. The van der Waals surface area contributed by atoms with Crippen molar-refractivity contribution in [1.29, 1.82) is 0 Å². The van der Waals surface area contributed by atoms with Crippen molar-refractivity contribution in [3.8, 4) is 0 Å². The molecule has 0 spiro atoms. The second-order valence-corrected chi connectivity index (χ2v) is 6.22. The van der Waals surface area contributed by atoms with Crippen LogP contribution in [0.4, 0.5) is 5.82 Å². The van der Waals surface area contributed by atoms with Gasteiger partial charge < -0.3 is 11.1 Å². The molecule has 0 aliphatic heterocycles. The van der Waals surface area contributed by atoms with Crippen molar-refractivity contribution >= 4 is 21.7 Å². The lowest BCUT2D eigenvalue weighted by Crippen LogP contribution is -2.52. The minimum Gasteiger partial charge on any atom is -0.362 e. The van der Waals surface area contributed by atoms with Crippen molar-refractivity contribution in [1.82, 2.24) is 4.98 Å². The fraction of sp³-hybridized carbons (Fsp3) is 0.643. The number of rotatable bonds is 3. The molecule has 0 radical (unpaired) electrons. The molecule has 0 saturated heterocycles. The van der Waals surface area contributed by atoms with Gasteiger partial charge in [-0.1, -0.05) is 19.8 Å². The van der Waals surface area contributed by atoms with Gasteiger partial charge >= 0.3 is 0 Å². The van der Waals surface area contributed by atoms with Crippen LogP contribution in [-0.4, -0.2) is 17.1 Å². The first-order valence-electron chi connectivity index (χ1n) is 6.68. The quantitative estimate of drug-likeness (QED) is 0.898. The summed E-state index contributed by atoms with van der Waals surface area (Å²) < 4.78 is 1.05. The van der Waals surface area contributed by atoms with Crippen molar-refractivity contribution in [2.24, 2.45) is 11.7 Å². The third-order valence-electron chi connectivity index (χ3n) is 4.27. The third kappa shape index (κ3) is 2.54. The lowest BCUT2D eigenvalue weighted by molar-refractivity contribution is 0.235. The monoisotopic (exact) mass is 311 g/mol. The Morgan fingerprint density at radius 1 is 1.56 bits per heavy atom. The Bertz CT molecular complexity index is 422. The second-order valence-electron chi connectivity index (χ2n) is 5.42. The highest BCUT2D eigenvalue weighted by Crippen LogP contribution is 2.37. The number of halogens is 1. The summed E-state index contributed by atoms with van der Waals surface area (Å²) in [5, 5.41) is 3.62. The van der Waals surface area contributed by atoms with E-state index in [4.69, 9.17) is 5.73 Å². The standard InChI is InChI=1S/C14H22BrN3/c1-10-6-8-17-13(12(10)15)18-14(9-16)7-4-3-5-11(14)2/h6,8,11H,3-5,7,9,16H2,1-2H3,(H,17,18). The Morgan fingerprint density at radius 2 is 2.33 bits per heavy atom. The van der Waals surface area contributed by atoms with Gasteiger partial charge in [-0.05, 0) is 53.2 Å². The van der Waals surface area contributed by atoms with Gasteiger partial charge in [-0.15, -0.1) is 0 Å². The summed E-state index contributed by atoms with van der Waals surface area (Å²) in [6.45, 7) is 5.04. The van der Waals surface area contributed by atoms with Gasteiger partial charge in [0.15, 0.2) is 0 Å². The number of hydrogen-bond acceptors (Lipinski definition) is 3. The van der Waals surface area contributed by atoms with E-state index >= 15 is 0 Å². The van der Waals surface area contributed by atoms with E-state index < -0.39 is 0 Å². The van der Waals surface area contributed by atoms with E-state index in [1.807, 2.05) is 12.3 Å². The Labute approximate surface area is 118 Å². The molecule has 2 unspecified atom stereocenters. The maximum atomic E-state index is 6.06. The summed E-state index contributed by atoms with van der Waals surface area (Å²) in [5.74, 6) is 1.51. The minimum atomic E-state index is 0.00155. The van der Waals surface area contributed by atoms with Gasteiger partial charge in [0, 0.05) is 12.7 Å². The number of aryl methyl sites for hydroxylation is 1. The molecular weight excluding hydrogens is 290 g/mol. The van der Waals surface area contributed by atoms with Crippen molar-refractivity contribution < 1.29 is 0 Å². The summed E-state index contributed by atoms with van der Waals surface area (Å²) in [7, 11) is 0. The van der Waals surface area contributed by atoms with Crippen molar-refractivity contribution in [2.75, 3.05) is 11.9 Å². The zero-order chi connectivity index (χ0) is 13.2. The molecule has 100 valence electrons. The topological polar surface area (TPSA) is 50.9 Å². The second kappa shape index (κ2) is 5.57. The number of pyridine rings is 1. The summed E-state index contributed by atoms with van der Waals surface area (Å²) in [5.41, 5.74) is 7.26. The summed E-state index contributed by atoms with van der Waals surface area (Å²) in [4.78, 5) is 4.45. The van der Waals surface area contributed by atoms with Crippen LogP contribution in [0.5, 0.6) is 0 Å². The molecule has 1 saturated carbocycles. The van der Waals surface area contributed by atoms with E-state index in [0.717, 1.165) is 16.7 Å². The average molecular weight is 312 g/mol. The van der Waals surface area contributed by atoms with Crippen LogP contribution in [0.25, 0.3) is 0 Å². The normalized spacial score (nSPS) is 28.1. The number of nitrogens with two attached hydrogens (primary N) is 1. The van der Waals surface area contributed by atoms with Gasteiger partial charge in [0.05, 0.1) is 10.0 Å². The highest BCUT2D eigenvalue weighted by atomic mass is 79.9. The first kappa shape index (κ1) is 13.8. The first-order valence-corrected chi connectivity index (χ1v) is 7.48. The molecule has 1 aliphatic carbocycles. The Morgan fingerprint density at radius 3 is 3.00 bits per heavy atom. The number of hydrogen-bond donors (Lipinski definition) is 2. The fourth-order valence-electron chi connectivity index (χ4n) is 2.82. The molecule has 18 heavy (non-hydrogen) atoms. The number of anilines is 1. The molecule has 0 aromatic carbocycles. The molecule has 3 N–H and O–H groups in total. The molecule has 3 nitrogen and oxygen atoms in total. The van der Waals surface area contributed by atoms with Crippen LogP contribution in [-0.2, 0) is 0 Å². The Balaban J connectivity index is 2.27.